The largest absolute Gasteiger partial charge is 0.496 e. The fourth-order valence-electron chi connectivity index (χ4n) is 7.11. The van der Waals surface area contributed by atoms with E-state index < -0.39 is 24.0 Å². The van der Waals surface area contributed by atoms with Crippen molar-refractivity contribution in [2.45, 2.75) is 75.7 Å². The van der Waals surface area contributed by atoms with Crippen LogP contribution in [0.3, 0.4) is 0 Å². The molecule has 0 aromatic heterocycles. The highest BCUT2D eigenvalue weighted by molar-refractivity contribution is 5.91. The first-order valence-electron chi connectivity index (χ1n) is 10.8. The van der Waals surface area contributed by atoms with Crippen LogP contribution in [0.4, 0.5) is 0 Å². The van der Waals surface area contributed by atoms with Crippen molar-refractivity contribution in [1.29, 1.82) is 0 Å². The third kappa shape index (κ3) is 2.19. The maximum absolute atomic E-state index is 12.0. The Labute approximate surface area is 171 Å². The fraction of sp³-hybridized carbons (Fsp3) is 0.773. The van der Waals surface area contributed by atoms with Gasteiger partial charge in [0, 0.05) is 17.9 Å². The van der Waals surface area contributed by atoms with Crippen molar-refractivity contribution in [2.75, 3.05) is 13.7 Å². The van der Waals surface area contributed by atoms with E-state index in [-0.39, 0.29) is 35.4 Å². The second-order valence-electron chi connectivity index (χ2n) is 9.29. The van der Waals surface area contributed by atoms with Crippen LogP contribution in [-0.4, -0.2) is 70.4 Å². The minimum atomic E-state index is -1.27. The number of allylic oxidation sites excluding steroid dienone is 1. The van der Waals surface area contributed by atoms with Gasteiger partial charge in [0.25, 0.3) is 0 Å². The van der Waals surface area contributed by atoms with Crippen molar-refractivity contribution in [3.8, 4) is 0 Å². The van der Waals surface area contributed by atoms with E-state index in [2.05, 4.69) is 24.0 Å². The predicted molar refractivity (Wildman–Crippen MR) is 103 cm³/mol. The summed E-state index contributed by atoms with van der Waals surface area (Å²) in [6.45, 7) is 6.62. The van der Waals surface area contributed by atoms with E-state index in [0.29, 0.717) is 11.3 Å². The lowest BCUT2D eigenvalue weighted by atomic mass is 9.67. The summed E-state index contributed by atoms with van der Waals surface area (Å²) < 4.78 is 17.1. The molecule has 10 atom stereocenters. The lowest BCUT2D eigenvalue weighted by molar-refractivity contribution is -0.289. The molecule has 0 aromatic rings. The van der Waals surface area contributed by atoms with E-state index in [1.807, 2.05) is 6.92 Å². The highest BCUT2D eigenvalue weighted by atomic mass is 16.6. The van der Waals surface area contributed by atoms with Gasteiger partial charge < -0.3 is 24.4 Å². The lowest BCUT2D eigenvalue weighted by Crippen LogP contribution is -2.64. The van der Waals surface area contributed by atoms with Crippen LogP contribution in [0.5, 0.6) is 0 Å². The van der Waals surface area contributed by atoms with Crippen LogP contribution in [0.1, 0.15) is 40.0 Å². The number of methoxy groups -OCH3 is 1. The zero-order valence-corrected chi connectivity index (χ0v) is 17.5. The number of cyclic esters (lactones) is 1. The zero-order valence-electron chi connectivity index (χ0n) is 17.5. The number of ether oxygens (including phenoxy) is 3. The molecule has 29 heavy (non-hydrogen) atoms. The maximum Gasteiger partial charge on any atom is 0.338 e. The Morgan fingerprint density at radius 2 is 2.21 bits per heavy atom. The standard InChI is InChI=1S/C22H31NO6/c1-5-6-8-21-14-7-9-23(21)13-10-15(21)29-22(14,26)16(13)11(2)17(24)19-18(27-4)12(3)20(25)28-19/h6,8,11,13-17,19,24,26H,5,7,9-10H2,1-4H3/b8-6+/t11-,13-,14+,15-,16+,17?,19?,21-,22-/m0/s1. The molecule has 0 aliphatic carbocycles. The van der Waals surface area contributed by atoms with E-state index in [9.17, 15) is 15.0 Å². The van der Waals surface area contributed by atoms with E-state index in [4.69, 9.17) is 14.2 Å². The average molecular weight is 405 g/mol. The topological polar surface area (TPSA) is 88.5 Å². The number of carbonyl (C=O) groups excluding carboxylic acids is 1. The minimum Gasteiger partial charge on any atom is -0.496 e. The molecule has 7 nitrogen and oxygen atoms in total. The van der Waals surface area contributed by atoms with Crippen molar-refractivity contribution in [2.24, 2.45) is 17.8 Å². The molecule has 0 spiro atoms. The van der Waals surface area contributed by atoms with Gasteiger partial charge in [-0.1, -0.05) is 26.0 Å². The number of hydrogen-bond acceptors (Lipinski definition) is 7. The molecule has 160 valence electrons. The van der Waals surface area contributed by atoms with Gasteiger partial charge in [-0.25, -0.2) is 4.79 Å². The Morgan fingerprint density at radius 3 is 2.90 bits per heavy atom. The van der Waals surface area contributed by atoms with Crippen LogP contribution in [0, 0.1) is 17.8 Å². The zero-order chi connectivity index (χ0) is 20.7. The van der Waals surface area contributed by atoms with Crippen LogP contribution in [-0.2, 0) is 19.0 Å². The summed E-state index contributed by atoms with van der Waals surface area (Å²) in [5, 5.41) is 23.0. The van der Waals surface area contributed by atoms with Crippen LogP contribution < -0.4 is 0 Å². The summed E-state index contributed by atoms with van der Waals surface area (Å²) in [5.74, 6) is -1.97. The summed E-state index contributed by atoms with van der Waals surface area (Å²) in [5.41, 5.74) is 0.171. The van der Waals surface area contributed by atoms with Crippen LogP contribution in [0.25, 0.3) is 0 Å². The second-order valence-corrected chi connectivity index (χ2v) is 9.29. The van der Waals surface area contributed by atoms with Gasteiger partial charge in [-0.15, -0.1) is 0 Å². The van der Waals surface area contributed by atoms with E-state index >= 15 is 0 Å². The van der Waals surface area contributed by atoms with Gasteiger partial charge in [0.05, 0.1) is 24.3 Å². The Kier molecular flexibility index (Phi) is 4.24. The fourth-order valence-corrected chi connectivity index (χ4v) is 7.11. The van der Waals surface area contributed by atoms with Gasteiger partial charge in [0.2, 0.25) is 0 Å². The molecule has 3 unspecified atom stereocenters. The summed E-state index contributed by atoms with van der Waals surface area (Å²) >= 11 is 0. The molecular formula is C22H31NO6. The number of aliphatic hydroxyl groups excluding tert-OH is 1. The van der Waals surface area contributed by atoms with E-state index in [1.54, 1.807) is 6.92 Å². The normalized spacial score (nSPS) is 49.4. The van der Waals surface area contributed by atoms with Gasteiger partial charge in [0.15, 0.2) is 11.9 Å². The Morgan fingerprint density at radius 1 is 1.45 bits per heavy atom. The minimum absolute atomic E-state index is 0.00521. The predicted octanol–water partition coefficient (Wildman–Crippen LogP) is 1.35. The average Bonchev–Trinajstić information content (AvgIpc) is 3.32. The third-order valence-corrected chi connectivity index (χ3v) is 8.23. The number of esters is 1. The number of nitrogens with zero attached hydrogens (tertiary/aromatic N) is 1. The monoisotopic (exact) mass is 405 g/mol. The molecule has 0 amide bonds. The summed E-state index contributed by atoms with van der Waals surface area (Å²) in [7, 11) is 1.48. The van der Waals surface area contributed by atoms with Crippen molar-refractivity contribution >= 4 is 5.97 Å². The summed E-state index contributed by atoms with van der Waals surface area (Å²) in [6.07, 6.45) is 5.31. The van der Waals surface area contributed by atoms with Crippen molar-refractivity contribution < 1.29 is 29.2 Å². The number of hydrogen-bond donors (Lipinski definition) is 2. The Bertz CT molecular complexity index is 794. The van der Waals surface area contributed by atoms with Gasteiger partial charge >= 0.3 is 5.97 Å². The quantitative estimate of drug-likeness (QED) is 0.509. The lowest BCUT2D eigenvalue weighted by Gasteiger charge is -2.51. The molecule has 5 heterocycles. The first-order chi connectivity index (χ1) is 13.8. The highest BCUT2D eigenvalue weighted by Crippen LogP contribution is 2.68. The smallest absolute Gasteiger partial charge is 0.338 e. The summed E-state index contributed by atoms with van der Waals surface area (Å²) in [6, 6.07) is 0.136. The van der Waals surface area contributed by atoms with Crippen molar-refractivity contribution in [1.82, 2.24) is 4.90 Å². The van der Waals surface area contributed by atoms with Crippen LogP contribution >= 0.6 is 0 Å². The Balaban J connectivity index is 1.47. The SMILES string of the molecule is CC/C=C/[C@@]12[C@@H]3C[C@H]4[C@@H]([C@H](C)C(O)C5OC(=O)C(C)=C5OC)[C@@](O)(O3)[C@@H]1CCN42. The molecule has 0 radical (unpaired) electrons. The molecule has 5 aliphatic heterocycles. The molecule has 4 saturated heterocycles. The van der Waals surface area contributed by atoms with Crippen LogP contribution in [0.15, 0.2) is 23.5 Å². The molecule has 0 aromatic carbocycles. The molecule has 5 aliphatic rings. The second kappa shape index (κ2) is 6.30. The van der Waals surface area contributed by atoms with Crippen molar-refractivity contribution in [3.63, 3.8) is 0 Å². The number of aliphatic hydroxyl groups is 2. The molecule has 5 rings (SSSR count). The van der Waals surface area contributed by atoms with E-state index in [1.165, 1.54) is 7.11 Å². The van der Waals surface area contributed by atoms with Gasteiger partial charge in [-0.05, 0) is 38.6 Å². The van der Waals surface area contributed by atoms with Gasteiger partial charge in [-0.2, -0.15) is 0 Å². The molecule has 0 saturated carbocycles. The first-order valence-corrected chi connectivity index (χ1v) is 10.8. The molecule has 5 bridgehead atoms. The van der Waals surface area contributed by atoms with Crippen molar-refractivity contribution in [3.05, 3.63) is 23.5 Å². The van der Waals surface area contributed by atoms with Gasteiger partial charge in [-0.3, -0.25) is 4.90 Å². The maximum atomic E-state index is 12.0. The molecular weight excluding hydrogens is 374 g/mol. The molecule has 4 fully saturated rings. The van der Waals surface area contributed by atoms with Crippen LogP contribution in [0.2, 0.25) is 0 Å². The molecule has 2 N–H and O–H groups in total. The number of piperidine rings is 1. The molecule has 7 heteroatoms. The van der Waals surface area contributed by atoms with E-state index in [0.717, 1.165) is 25.8 Å². The highest BCUT2D eigenvalue weighted by Gasteiger charge is 2.80. The number of carbonyl (C=O) groups is 1. The first kappa shape index (κ1) is 19.5. The number of rotatable bonds is 6. The Hall–Kier alpha value is -1.41. The summed E-state index contributed by atoms with van der Waals surface area (Å²) in [4.78, 5) is 14.5. The van der Waals surface area contributed by atoms with Gasteiger partial charge in [0.1, 0.15) is 11.9 Å². The third-order valence-electron chi connectivity index (χ3n) is 8.23.